The van der Waals surface area contributed by atoms with Gasteiger partial charge in [-0.05, 0) is 0 Å². The smallest absolute Gasteiger partial charge is 0 e. The van der Waals surface area contributed by atoms with Crippen LogP contribution in [0.4, 0.5) is 0 Å². The van der Waals surface area contributed by atoms with Gasteiger partial charge >= 0.3 is 0 Å². The molecule has 4 atom stereocenters. The first-order valence-electron chi connectivity index (χ1n) is 10.9. The summed E-state index contributed by atoms with van der Waals surface area (Å²) in [5.74, 6) is 0. The zero-order valence-corrected chi connectivity index (χ0v) is 24.2. The average molecular weight is 492 g/mol. The van der Waals surface area contributed by atoms with Gasteiger partial charge in [-0.25, -0.2) is 0 Å². The van der Waals surface area contributed by atoms with Crippen molar-refractivity contribution in [2.24, 2.45) is 0 Å². The second-order valence-electron chi connectivity index (χ2n) is 6.61. The van der Waals surface area contributed by atoms with Crippen LogP contribution in [0.3, 0.4) is 0 Å². The molecule has 7 heteroatoms. The molecule has 0 saturated carbocycles. The third-order valence-corrected chi connectivity index (χ3v) is 4.02. The van der Waals surface area contributed by atoms with Crippen molar-refractivity contribution in [2.75, 3.05) is 54.4 Å². The summed E-state index contributed by atoms with van der Waals surface area (Å²) >= 11 is 0. The molecular formula is C22H52N6Zr-6. The minimum Gasteiger partial charge on any atom is -0.663 e. The van der Waals surface area contributed by atoms with Gasteiger partial charge < -0.3 is 31.9 Å². The van der Waals surface area contributed by atoms with Gasteiger partial charge in [0.2, 0.25) is 0 Å². The van der Waals surface area contributed by atoms with Gasteiger partial charge in [0.1, 0.15) is 0 Å². The molecule has 0 amide bonds. The normalized spacial score (nSPS) is 13.7. The van der Waals surface area contributed by atoms with Gasteiger partial charge in [0, 0.05) is 26.2 Å². The van der Waals surface area contributed by atoms with E-state index < -0.39 is 0 Å². The van der Waals surface area contributed by atoms with Crippen LogP contribution >= 0.6 is 0 Å². The third-order valence-electron chi connectivity index (χ3n) is 4.02. The first-order chi connectivity index (χ1) is 13.2. The van der Waals surface area contributed by atoms with Crippen molar-refractivity contribution >= 4 is 0 Å². The molecular weight excluding hydrogens is 440 g/mol. The van der Waals surface area contributed by atoms with E-state index in [0.717, 1.165) is 39.0 Å². The quantitative estimate of drug-likeness (QED) is 0.278. The van der Waals surface area contributed by atoms with Crippen molar-refractivity contribution in [1.29, 1.82) is 0 Å². The Morgan fingerprint density at radius 3 is 0.690 bits per heavy atom. The van der Waals surface area contributed by atoms with E-state index in [2.05, 4.69) is 59.6 Å². The number of hydrogen-bond acceptors (Lipinski definition) is 0. The number of rotatable bonds is 12. The van der Waals surface area contributed by atoms with E-state index in [-0.39, 0.29) is 26.2 Å². The summed E-state index contributed by atoms with van der Waals surface area (Å²) in [6, 6.07) is 1.85. The van der Waals surface area contributed by atoms with Gasteiger partial charge in [-0.3, -0.25) is 0 Å². The molecule has 0 heterocycles. The molecule has 0 spiro atoms. The van der Waals surface area contributed by atoms with E-state index >= 15 is 0 Å². The van der Waals surface area contributed by atoms with Gasteiger partial charge in [-0.2, -0.15) is 54.4 Å². The van der Waals surface area contributed by atoms with E-state index in [9.17, 15) is 0 Å². The van der Waals surface area contributed by atoms with E-state index in [0.29, 0.717) is 24.2 Å². The average Bonchev–Trinajstić information content (AvgIpc) is 2.70. The summed E-state index contributed by atoms with van der Waals surface area (Å²) < 4.78 is 0. The summed E-state index contributed by atoms with van der Waals surface area (Å²) in [6.45, 7) is 20.5. The summed E-state index contributed by atoms with van der Waals surface area (Å²) in [6.07, 6.45) is 2.15. The van der Waals surface area contributed by atoms with Crippen LogP contribution in [0.1, 0.15) is 68.2 Å². The fraction of sp³-hybridized carbons (Fsp3) is 1.00. The van der Waals surface area contributed by atoms with Crippen LogP contribution in [0.5, 0.6) is 0 Å². The molecule has 0 aromatic heterocycles. The molecule has 0 aromatic carbocycles. The zero-order chi connectivity index (χ0) is 22.8. The minimum absolute atomic E-state index is 0. The first kappa shape index (κ1) is 40.0. The van der Waals surface area contributed by atoms with Crippen LogP contribution in [-0.4, -0.2) is 78.5 Å². The SMILES string of the molecule is CC[N-]CC.CC[N-]CC.C[N-]C(C)CC(C)[N-]C.C[N-]C(C)CC(C)[N-]C.[Zr]. The molecule has 180 valence electrons. The Hall–Kier alpha value is 0.643. The second-order valence-corrected chi connectivity index (χ2v) is 6.61. The maximum Gasteiger partial charge on any atom is 0 e. The molecule has 0 aromatic rings. The molecule has 0 aliphatic carbocycles. The Bertz CT molecular complexity index is 203. The molecule has 0 fully saturated rings. The Morgan fingerprint density at radius 2 is 0.621 bits per heavy atom. The largest absolute Gasteiger partial charge is 0.663 e. The van der Waals surface area contributed by atoms with Crippen LogP contribution in [0, 0.1) is 0 Å². The van der Waals surface area contributed by atoms with Gasteiger partial charge in [-0.1, -0.05) is 68.2 Å². The Kier molecular flexibility index (Phi) is 49.8. The molecule has 0 bridgehead atoms. The van der Waals surface area contributed by atoms with Gasteiger partial charge in [0.15, 0.2) is 0 Å². The second kappa shape index (κ2) is 36.0. The van der Waals surface area contributed by atoms with Crippen molar-refractivity contribution < 1.29 is 26.2 Å². The van der Waals surface area contributed by atoms with Gasteiger partial charge in [0.05, 0.1) is 0 Å². The Morgan fingerprint density at radius 1 is 0.448 bits per heavy atom. The molecule has 0 aliphatic rings. The summed E-state index contributed by atoms with van der Waals surface area (Å²) in [5.41, 5.74) is 0. The molecule has 6 nitrogen and oxygen atoms in total. The monoisotopic (exact) mass is 490 g/mol. The topological polar surface area (TPSA) is 84.6 Å². The summed E-state index contributed by atoms with van der Waals surface area (Å²) in [4.78, 5) is 0. The summed E-state index contributed by atoms with van der Waals surface area (Å²) in [5, 5.41) is 24.4. The minimum atomic E-state index is 0. The van der Waals surface area contributed by atoms with Crippen LogP contribution in [0.25, 0.3) is 31.9 Å². The standard InChI is InChI=1S/2C7H16N2.2C4H10N.Zr/c2*1-6(8-3)5-7(2)9-4;2*1-3-5-4-2;/h2*6-7H,5H2,1-4H3;2*3-4H2,1-2H3;/q2*-2;2*-1;. The molecule has 29 heavy (non-hydrogen) atoms. The van der Waals surface area contributed by atoms with Crippen molar-refractivity contribution in [3.8, 4) is 0 Å². The van der Waals surface area contributed by atoms with Crippen molar-refractivity contribution in [1.82, 2.24) is 0 Å². The fourth-order valence-corrected chi connectivity index (χ4v) is 1.86. The predicted molar refractivity (Wildman–Crippen MR) is 133 cm³/mol. The fourth-order valence-electron chi connectivity index (χ4n) is 1.86. The molecule has 0 aliphatic heterocycles. The van der Waals surface area contributed by atoms with Crippen LogP contribution < -0.4 is 0 Å². The molecule has 0 rings (SSSR count). The van der Waals surface area contributed by atoms with Crippen LogP contribution in [-0.2, 0) is 26.2 Å². The van der Waals surface area contributed by atoms with E-state index in [1.54, 1.807) is 0 Å². The zero-order valence-electron chi connectivity index (χ0n) is 21.7. The van der Waals surface area contributed by atoms with Crippen molar-refractivity contribution in [3.63, 3.8) is 0 Å². The first-order valence-corrected chi connectivity index (χ1v) is 10.9. The molecule has 0 saturated heterocycles. The number of nitrogens with zero attached hydrogens (tertiary/aromatic N) is 6. The molecule has 4 unspecified atom stereocenters. The van der Waals surface area contributed by atoms with Gasteiger partial charge in [-0.15, -0.1) is 24.2 Å². The Labute approximate surface area is 204 Å². The predicted octanol–water partition coefficient (Wildman–Crippen LogP) is 7.12. The maximum atomic E-state index is 4.12. The van der Waals surface area contributed by atoms with Crippen LogP contribution in [0.2, 0.25) is 0 Å². The summed E-state index contributed by atoms with van der Waals surface area (Å²) in [7, 11) is 7.42. The van der Waals surface area contributed by atoms with E-state index in [1.807, 2.05) is 55.9 Å². The van der Waals surface area contributed by atoms with Gasteiger partial charge in [0.25, 0.3) is 0 Å². The molecule has 0 radical (unpaired) electrons. The van der Waals surface area contributed by atoms with Crippen molar-refractivity contribution in [2.45, 2.75) is 92.4 Å². The third kappa shape index (κ3) is 47.7. The van der Waals surface area contributed by atoms with E-state index in [4.69, 9.17) is 0 Å². The number of hydrogen-bond donors (Lipinski definition) is 0. The van der Waals surface area contributed by atoms with Crippen LogP contribution in [0.15, 0.2) is 0 Å². The Balaban J connectivity index is -0.0000000907. The van der Waals surface area contributed by atoms with Crippen molar-refractivity contribution in [3.05, 3.63) is 31.9 Å². The van der Waals surface area contributed by atoms with E-state index in [1.165, 1.54) is 0 Å². The molecule has 0 N–H and O–H groups in total. The maximum absolute atomic E-state index is 4.12.